The van der Waals surface area contributed by atoms with E-state index in [0.717, 1.165) is 22.5 Å². The molecule has 1 heterocycles. The first-order valence-electron chi connectivity index (χ1n) is 5.61. The van der Waals surface area contributed by atoms with Crippen LogP contribution < -0.4 is 0 Å². The summed E-state index contributed by atoms with van der Waals surface area (Å²) in [4.78, 5) is 10.9. The van der Waals surface area contributed by atoms with Crippen molar-refractivity contribution in [1.82, 2.24) is 4.31 Å². The van der Waals surface area contributed by atoms with Gasteiger partial charge in [0.05, 0.1) is 18.1 Å². The molecule has 6 nitrogen and oxygen atoms in total. The summed E-state index contributed by atoms with van der Waals surface area (Å²) in [6, 6.07) is 1.84. The highest BCUT2D eigenvalue weighted by Crippen LogP contribution is 2.28. The Labute approximate surface area is 123 Å². The summed E-state index contributed by atoms with van der Waals surface area (Å²) >= 11 is 2.98. The fourth-order valence-corrected chi connectivity index (χ4v) is 4.44. The molecule has 1 aromatic carbocycles. The molecule has 110 valence electrons. The van der Waals surface area contributed by atoms with Crippen LogP contribution in [0.25, 0.3) is 0 Å². The second-order valence-corrected chi connectivity index (χ2v) is 6.83. The van der Waals surface area contributed by atoms with Crippen molar-refractivity contribution in [2.45, 2.75) is 10.9 Å². The van der Waals surface area contributed by atoms with Gasteiger partial charge in [0.1, 0.15) is 11.9 Å². The summed E-state index contributed by atoms with van der Waals surface area (Å²) in [5.41, 5.74) is 0. The predicted octanol–water partition coefficient (Wildman–Crippen LogP) is 1.06. The van der Waals surface area contributed by atoms with Crippen LogP contribution in [-0.2, 0) is 19.6 Å². The molecule has 9 heteroatoms. The Morgan fingerprint density at radius 2 is 2.20 bits per heavy atom. The number of hydrogen-bond acceptors (Lipinski definition) is 4. The number of carbonyl (C=O) groups is 1. The number of aliphatic carboxylic acids is 1. The number of nitrogens with zero attached hydrogens (tertiary/aromatic N) is 1. The van der Waals surface area contributed by atoms with Crippen molar-refractivity contribution in [3.63, 3.8) is 0 Å². The van der Waals surface area contributed by atoms with Gasteiger partial charge in [0.25, 0.3) is 0 Å². The van der Waals surface area contributed by atoms with Crippen molar-refractivity contribution in [2.75, 3.05) is 19.8 Å². The monoisotopic (exact) mass is 367 g/mol. The van der Waals surface area contributed by atoms with Gasteiger partial charge < -0.3 is 9.84 Å². The summed E-state index contributed by atoms with van der Waals surface area (Å²) in [5.74, 6) is -1.88. The molecule has 1 saturated heterocycles. The summed E-state index contributed by atoms with van der Waals surface area (Å²) < 4.78 is 43.9. The van der Waals surface area contributed by atoms with Crippen LogP contribution in [0.15, 0.2) is 27.6 Å². The second kappa shape index (κ2) is 5.76. The Kier molecular flexibility index (Phi) is 4.43. The molecular weight excluding hydrogens is 357 g/mol. The lowest BCUT2D eigenvalue weighted by Crippen LogP contribution is -2.52. The van der Waals surface area contributed by atoms with Crippen LogP contribution in [0.4, 0.5) is 4.39 Å². The minimum atomic E-state index is -4.04. The van der Waals surface area contributed by atoms with Crippen molar-refractivity contribution >= 4 is 31.9 Å². The minimum Gasteiger partial charge on any atom is -0.480 e. The van der Waals surface area contributed by atoms with Gasteiger partial charge in [-0.25, -0.2) is 12.8 Å². The number of carboxylic acid groups (broad SMARTS) is 1. The Morgan fingerprint density at radius 3 is 2.80 bits per heavy atom. The summed E-state index contributed by atoms with van der Waals surface area (Å²) in [6.45, 7) is -0.168. The molecule has 0 radical (unpaired) electrons. The average Bonchev–Trinajstić information content (AvgIpc) is 2.38. The maximum atomic E-state index is 13.0. The quantitative estimate of drug-likeness (QED) is 0.863. The molecule has 2 rings (SSSR count). The van der Waals surface area contributed by atoms with E-state index in [1.807, 2.05) is 0 Å². The van der Waals surface area contributed by atoms with Gasteiger partial charge >= 0.3 is 5.97 Å². The van der Waals surface area contributed by atoms with E-state index in [1.165, 1.54) is 0 Å². The van der Waals surface area contributed by atoms with Crippen molar-refractivity contribution in [3.05, 3.63) is 28.5 Å². The lowest BCUT2D eigenvalue weighted by molar-refractivity contribution is -0.146. The minimum absolute atomic E-state index is 0.0492. The number of rotatable bonds is 3. The van der Waals surface area contributed by atoms with Crippen molar-refractivity contribution in [3.8, 4) is 0 Å². The van der Waals surface area contributed by atoms with Crippen molar-refractivity contribution in [1.29, 1.82) is 0 Å². The first-order chi connectivity index (χ1) is 9.34. The van der Waals surface area contributed by atoms with Crippen LogP contribution in [0.1, 0.15) is 0 Å². The van der Waals surface area contributed by atoms with Gasteiger partial charge in [-0.3, -0.25) is 4.79 Å². The molecule has 1 aliphatic heterocycles. The zero-order valence-corrected chi connectivity index (χ0v) is 12.5. The van der Waals surface area contributed by atoms with Crippen LogP contribution >= 0.6 is 15.9 Å². The first kappa shape index (κ1) is 15.4. The number of benzene rings is 1. The molecule has 0 aromatic heterocycles. The maximum Gasteiger partial charge on any atom is 0.324 e. The number of carboxylic acids is 1. The third-order valence-electron chi connectivity index (χ3n) is 2.84. The Morgan fingerprint density at radius 1 is 1.50 bits per heavy atom. The van der Waals surface area contributed by atoms with Gasteiger partial charge in [0, 0.05) is 11.0 Å². The smallest absolute Gasteiger partial charge is 0.324 e. The Balaban J connectivity index is 2.45. The SMILES string of the molecule is O=C(O)C1COCCN1S(=O)(=O)c1ccc(F)cc1Br. The molecule has 1 N–H and O–H groups in total. The molecule has 1 atom stereocenters. The van der Waals surface area contributed by atoms with E-state index in [-0.39, 0.29) is 29.1 Å². The number of ether oxygens (including phenoxy) is 1. The lowest BCUT2D eigenvalue weighted by Gasteiger charge is -2.32. The van der Waals surface area contributed by atoms with E-state index in [1.54, 1.807) is 0 Å². The third-order valence-corrected chi connectivity index (χ3v) is 5.73. The van der Waals surface area contributed by atoms with Crippen LogP contribution in [0, 0.1) is 5.82 Å². The fourth-order valence-electron chi connectivity index (χ4n) is 1.88. The van der Waals surface area contributed by atoms with Gasteiger partial charge in [-0.2, -0.15) is 4.31 Å². The fraction of sp³-hybridized carbons (Fsp3) is 0.364. The number of morpholine rings is 1. The van der Waals surface area contributed by atoms with Crippen molar-refractivity contribution < 1.29 is 27.4 Å². The molecule has 0 aliphatic carbocycles. The van der Waals surface area contributed by atoms with E-state index in [4.69, 9.17) is 9.84 Å². The Bertz CT molecular complexity index is 636. The first-order valence-corrected chi connectivity index (χ1v) is 7.85. The van der Waals surface area contributed by atoms with Crippen molar-refractivity contribution in [2.24, 2.45) is 0 Å². The van der Waals surface area contributed by atoms with Crippen LogP contribution in [-0.4, -0.2) is 49.6 Å². The zero-order valence-electron chi connectivity index (χ0n) is 10.1. The van der Waals surface area contributed by atoms with E-state index >= 15 is 0 Å². The standard InChI is InChI=1S/C11H11BrFNO5S/c12-8-5-7(13)1-2-10(8)20(17,18)14-3-4-19-6-9(14)11(15)16/h1-2,5,9H,3-4,6H2,(H,15,16). The topological polar surface area (TPSA) is 83.9 Å². The predicted molar refractivity (Wildman–Crippen MR) is 70.2 cm³/mol. The maximum absolute atomic E-state index is 13.0. The second-order valence-electron chi connectivity index (χ2n) is 4.12. The van der Waals surface area contributed by atoms with Crippen LogP contribution in [0.3, 0.4) is 0 Å². The van der Waals surface area contributed by atoms with Crippen LogP contribution in [0.5, 0.6) is 0 Å². The molecule has 0 saturated carbocycles. The molecule has 1 aliphatic rings. The van der Waals surface area contributed by atoms with Gasteiger partial charge in [-0.15, -0.1) is 0 Å². The van der Waals surface area contributed by atoms with Gasteiger partial charge in [-0.05, 0) is 34.1 Å². The number of sulfonamides is 1. The van der Waals surface area contributed by atoms with Gasteiger partial charge in [-0.1, -0.05) is 0 Å². The van der Waals surface area contributed by atoms with Gasteiger partial charge in [0.2, 0.25) is 10.0 Å². The lowest BCUT2D eigenvalue weighted by atomic mass is 10.3. The van der Waals surface area contributed by atoms with Gasteiger partial charge in [0.15, 0.2) is 0 Å². The third kappa shape index (κ3) is 2.85. The largest absolute Gasteiger partial charge is 0.480 e. The highest BCUT2D eigenvalue weighted by molar-refractivity contribution is 9.10. The zero-order chi connectivity index (χ0) is 14.9. The summed E-state index contributed by atoms with van der Waals surface area (Å²) in [7, 11) is -4.04. The summed E-state index contributed by atoms with van der Waals surface area (Å²) in [6.07, 6.45) is 0. The van der Waals surface area contributed by atoms with E-state index in [9.17, 15) is 17.6 Å². The molecule has 20 heavy (non-hydrogen) atoms. The number of halogens is 2. The van der Waals surface area contributed by atoms with Crippen LogP contribution in [0.2, 0.25) is 0 Å². The average molecular weight is 368 g/mol. The highest BCUT2D eigenvalue weighted by atomic mass is 79.9. The van der Waals surface area contributed by atoms with E-state index in [0.29, 0.717) is 0 Å². The molecule has 0 amide bonds. The van der Waals surface area contributed by atoms with E-state index in [2.05, 4.69) is 15.9 Å². The summed E-state index contributed by atoms with van der Waals surface area (Å²) in [5, 5.41) is 9.07. The highest BCUT2D eigenvalue weighted by Gasteiger charge is 2.39. The molecule has 1 fully saturated rings. The normalized spacial score (nSPS) is 20.8. The molecular formula is C11H11BrFNO5S. The van der Waals surface area contributed by atoms with E-state index < -0.39 is 27.9 Å². The molecule has 0 spiro atoms. The molecule has 1 unspecified atom stereocenters. The molecule has 0 bridgehead atoms. The Hall–Kier alpha value is -1.03. The number of hydrogen-bond donors (Lipinski definition) is 1. The molecule has 1 aromatic rings.